The van der Waals surface area contributed by atoms with Crippen LogP contribution in [0.15, 0.2) is 121 Å². The van der Waals surface area contributed by atoms with Crippen molar-refractivity contribution >= 4 is 106 Å². The molecule has 0 aliphatic heterocycles. The van der Waals surface area contributed by atoms with Crippen molar-refractivity contribution in [3.8, 4) is 16.3 Å². The van der Waals surface area contributed by atoms with Crippen molar-refractivity contribution in [1.29, 1.82) is 0 Å². The van der Waals surface area contributed by atoms with Gasteiger partial charge in [-0.05, 0) is 47.5 Å². The Kier molecular flexibility index (Phi) is 4.66. The molecule has 0 spiro atoms. The van der Waals surface area contributed by atoms with E-state index in [-0.39, 0.29) is 0 Å². The number of para-hydroxylation sites is 1. The van der Waals surface area contributed by atoms with E-state index in [0.29, 0.717) is 0 Å². The molecule has 0 aliphatic rings. The topological polar surface area (TPSA) is 17.8 Å². The molecular formula is C37H20N2S3. The molecule has 0 amide bonds. The third-order valence-electron chi connectivity index (χ3n) is 8.45. The lowest BCUT2D eigenvalue weighted by Gasteiger charge is -2.03. The summed E-state index contributed by atoms with van der Waals surface area (Å²) in [5, 5.41) is 8.83. The van der Waals surface area contributed by atoms with Crippen LogP contribution in [0.1, 0.15) is 0 Å². The number of rotatable bonds is 2. The molecule has 6 aromatic carbocycles. The van der Waals surface area contributed by atoms with E-state index in [2.05, 4.69) is 126 Å². The average Bonchev–Trinajstić information content (AvgIpc) is 3.79. The fourth-order valence-corrected chi connectivity index (χ4v) is 10.2. The Morgan fingerprint density at radius 1 is 0.476 bits per heavy atom. The minimum atomic E-state index is 1.01. The maximum atomic E-state index is 5.29. The van der Waals surface area contributed by atoms with Gasteiger partial charge in [0.05, 0.1) is 21.3 Å². The van der Waals surface area contributed by atoms with Gasteiger partial charge in [0.15, 0.2) is 5.13 Å². The van der Waals surface area contributed by atoms with Gasteiger partial charge in [-0.2, -0.15) is 0 Å². The number of fused-ring (bicyclic) bond motifs is 11. The van der Waals surface area contributed by atoms with E-state index in [9.17, 15) is 0 Å². The lowest BCUT2D eigenvalue weighted by molar-refractivity contribution is 1.15. The van der Waals surface area contributed by atoms with Gasteiger partial charge in [-0.1, -0.05) is 96.3 Å². The zero-order valence-electron chi connectivity index (χ0n) is 22.2. The maximum Gasteiger partial charge on any atom is 0.195 e. The average molecular weight is 589 g/mol. The third kappa shape index (κ3) is 3.10. The minimum absolute atomic E-state index is 1.01. The summed E-state index contributed by atoms with van der Waals surface area (Å²) < 4.78 is 8.95. The monoisotopic (exact) mass is 588 g/mol. The molecule has 0 N–H and O–H groups in total. The predicted molar refractivity (Wildman–Crippen MR) is 185 cm³/mol. The molecule has 0 radical (unpaired) electrons. The van der Waals surface area contributed by atoms with Gasteiger partial charge in [-0.3, -0.25) is 4.57 Å². The highest BCUT2D eigenvalue weighted by molar-refractivity contribution is 7.28. The molecule has 0 saturated heterocycles. The fraction of sp³-hybridized carbons (Fsp3) is 0. The number of hydrogen-bond donors (Lipinski definition) is 0. The number of thiazole rings is 1. The first kappa shape index (κ1) is 23.1. The van der Waals surface area contributed by atoms with E-state index < -0.39 is 0 Å². The molecule has 0 atom stereocenters. The Hall–Kier alpha value is -4.55. The molecule has 2 nitrogen and oxygen atoms in total. The van der Waals surface area contributed by atoms with E-state index in [0.717, 1.165) is 10.6 Å². The highest BCUT2D eigenvalue weighted by atomic mass is 32.1. The Morgan fingerprint density at radius 2 is 1.29 bits per heavy atom. The van der Waals surface area contributed by atoms with Crippen molar-refractivity contribution in [3.63, 3.8) is 0 Å². The minimum Gasteiger partial charge on any atom is -0.285 e. The highest BCUT2D eigenvalue weighted by Gasteiger charge is 2.20. The molecule has 10 rings (SSSR count). The van der Waals surface area contributed by atoms with Gasteiger partial charge >= 0.3 is 0 Å². The van der Waals surface area contributed by atoms with Crippen LogP contribution in [-0.4, -0.2) is 9.55 Å². The van der Waals surface area contributed by atoms with Crippen LogP contribution in [0, 0.1) is 0 Å². The zero-order chi connectivity index (χ0) is 27.4. The molecule has 0 fully saturated rings. The molecule has 42 heavy (non-hydrogen) atoms. The Morgan fingerprint density at radius 3 is 2.21 bits per heavy atom. The van der Waals surface area contributed by atoms with Crippen LogP contribution in [0.5, 0.6) is 0 Å². The zero-order valence-corrected chi connectivity index (χ0v) is 24.6. The van der Waals surface area contributed by atoms with Gasteiger partial charge in [-0.25, -0.2) is 4.98 Å². The first-order valence-electron chi connectivity index (χ1n) is 14.0. The Balaban J connectivity index is 1.28. The normalized spacial score (nSPS) is 12.3. The van der Waals surface area contributed by atoms with Crippen molar-refractivity contribution in [3.05, 3.63) is 121 Å². The van der Waals surface area contributed by atoms with Crippen molar-refractivity contribution in [2.75, 3.05) is 0 Å². The van der Waals surface area contributed by atoms with Crippen LogP contribution >= 0.6 is 34.0 Å². The number of benzene rings is 6. The van der Waals surface area contributed by atoms with Gasteiger partial charge in [0.1, 0.15) is 0 Å². The number of nitrogens with zero attached hydrogens (tertiary/aromatic N) is 2. The summed E-state index contributed by atoms with van der Waals surface area (Å²) in [6, 6.07) is 44.2. The molecule has 4 aromatic heterocycles. The summed E-state index contributed by atoms with van der Waals surface area (Å²) in [5.74, 6) is 0. The maximum absolute atomic E-state index is 5.29. The largest absolute Gasteiger partial charge is 0.285 e. The summed E-state index contributed by atoms with van der Waals surface area (Å²) in [4.78, 5) is 5.29. The Labute approximate surface area is 252 Å². The van der Waals surface area contributed by atoms with E-state index in [4.69, 9.17) is 4.98 Å². The van der Waals surface area contributed by atoms with Crippen molar-refractivity contribution in [1.82, 2.24) is 9.55 Å². The summed E-state index contributed by atoms with van der Waals surface area (Å²) >= 11 is 5.57. The molecule has 10 aromatic rings. The first-order valence-corrected chi connectivity index (χ1v) is 16.4. The second kappa shape index (κ2) is 8.49. The molecule has 0 unspecified atom stereocenters. The van der Waals surface area contributed by atoms with E-state index in [1.54, 1.807) is 0 Å². The quantitative estimate of drug-likeness (QED) is 0.196. The summed E-state index contributed by atoms with van der Waals surface area (Å²) in [5.41, 5.74) is 6.02. The van der Waals surface area contributed by atoms with Crippen molar-refractivity contribution in [2.24, 2.45) is 0 Å². The second-order valence-electron chi connectivity index (χ2n) is 10.8. The smallest absolute Gasteiger partial charge is 0.195 e. The summed E-state index contributed by atoms with van der Waals surface area (Å²) in [7, 11) is 0. The third-order valence-corrected chi connectivity index (χ3v) is 11.9. The molecule has 0 bridgehead atoms. The molecule has 0 aliphatic carbocycles. The van der Waals surface area contributed by atoms with Crippen LogP contribution < -0.4 is 0 Å². The number of thiophene rings is 2. The molecule has 196 valence electrons. The summed E-state index contributed by atoms with van der Waals surface area (Å²) in [6.45, 7) is 0. The van der Waals surface area contributed by atoms with E-state index in [1.807, 2.05) is 34.0 Å². The lowest BCUT2D eigenvalue weighted by atomic mass is 10.0. The number of aromatic nitrogens is 2. The lowest BCUT2D eigenvalue weighted by Crippen LogP contribution is -1.92. The van der Waals surface area contributed by atoms with Gasteiger partial charge < -0.3 is 0 Å². The first-order chi connectivity index (χ1) is 20.8. The van der Waals surface area contributed by atoms with Gasteiger partial charge in [0.2, 0.25) is 0 Å². The van der Waals surface area contributed by atoms with Gasteiger partial charge in [0, 0.05) is 51.1 Å². The molecule has 4 heterocycles. The van der Waals surface area contributed by atoms with E-state index in [1.165, 1.54) is 78.0 Å². The Bertz CT molecular complexity index is 2690. The van der Waals surface area contributed by atoms with Crippen LogP contribution in [0.3, 0.4) is 0 Å². The van der Waals surface area contributed by atoms with Crippen LogP contribution in [0.2, 0.25) is 0 Å². The SMILES string of the molecule is c1ccc(-c2cccc3c2sc2ccc4nc(-n5c6ccccc6c6cc7sc8ccccc8c7cc65)sc4c23)cc1. The van der Waals surface area contributed by atoms with Crippen LogP contribution in [-0.2, 0) is 0 Å². The predicted octanol–water partition coefficient (Wildman–Crippen LogP) is 11.8. The van der Waals surface area contributed by atoms with Crippen molar-refractivity contribution < 1.29 is 0 Å². The second-order valence-corrected chi connectivity index (χ2v) is 13.9. The molecular weight excluding hydrogens is 569 g/mol. The van der Waals surface area contributed by atoms with Crippen molar-refractivity contribution in [2.45, 2.75) is 0 Å². The van der Waals surface area contributed by atoms with Crippen LogP contribution in [0.4, 0.5) is 0 Å². The van der Waals surface area contributed by atoms with Gasteiger partial charge in [-0.15, -0.1) is 22.7 Å². The van der Waals surface area contributed by atoms with Crippen LogP contribution in [0.25, 0.3) is 88.6 Å². The number of hydrogen-bond acceptors (Lipinski definition) is 4. The fourth-order valence-electron chi connectivity index (χ4n) is 6.59. The highest BCUT2D eigenvalue weighted by Crippen LogP contribution is 2.46. The standard InChI is InChI=1S/C37H20N2S3/c1-2-9-21(10-3-1)22-13-8-14-25-34-32(41-35(22)25)18-17-28-36(34)42-37(38-28)39-29-15-6-4-11-23(29)26-20-33-27(19-30(26)39)24-12-5-7-16-31(24)40-33/h1-20H. The van der Waals surface area contributed by atoms with Gasteiger partial charge in [0.25, 0.3) is 0 Å². The molecule has 0 saturated carbocycles. The summed E-state index contributed by atoms with van der Waals surface area (Å²) in [6.07, 6.45) is 0. The molecule has 5 heteroatoms. The van der Waals surface area contributed by atoms with E-state index >= 15 is 0 Å².